The molecule has 100 valence electrons. The molecule has 1 heterocycles. The lowest BCUT2D eigenvalue weighted by Crippen LogP contribution is -2.33. The van der Waals surface area contributed by atoms with Crippen molar-refractivity contribution in [2.75, 3.05) is 13.2 Å². The summed E-state index contributed by atoms with van der Waals surface area (Å²) in [4.78, 5) is 22.0. The molecule has 1 aromatic rings. The highest BCUT2D eigenvalue weighted by Gasteiger charge is 2.26. The highest BCUT2D eigenvalue weighted by Crippen LogP contribution is 2.24. The Kier molecular flexibility index (Phi) is 4.38. The molecule has 0 bridgehead atoms. The molecule has 2 N–H and O–H groups in total. The number of carbonyl (C=O) groups is 1. The van der Waals surface area contributed by atoms with Crippen LogP contribution >= 0.6 is 0 Å². The van der Waals surface area contributed by atoms with Gasteiger partial charge in [-0.05, 0) is 20.8 Å². The number of nitrogens with one attached hydrogen (secondary N) is 1. The zero-order valence-electron chi connectivity index (χ0n) is 10.5. The second-order valence-electron chi connectivity index (χ2n) is 3.91. The van der Waals surface area contributed by atoms with Gasteiger partial charge < -0.3 is 10.4 Å². The lowest BCUT2D eigenvalue weighted by molar-refractivity contribution is -0.386. The van der Waals surface area contributed by atoms with Gasteiger partial charge in [-0.25, -0.2) is 0 Å². The van der Waals surface area contributed by atoms with Gasteiger partial charge in [0, 0.05) is 6.54 Å². The predicted molar refractivity (Wildman–Crippen MR) is 63.2 cm³/mol. The van der Waals surface area contributed by atoms with Crippen molar-refractivity contribution < 1.29 is 14.8 Å². The Balaban J connectivity index is 3.00. The number of rotatable bonds is 5. The minimum absolute atomic E-state index is 0.0724. The zero-order valence-corrected chi connectivity index (χ0v) is 10.5. The fourth-order valence-corrected chi connectivity index (χ4v) is 1.73. The average Bonchev–Trinajstić information content (AvgIpc) is 2.60. The van der Waals surface area contributed by atoms with Crippen LogP contribution in [0.1, 0.15) is 24.4 Å². The van der Waals surface area contributed by atoms with Crippen LogP contribution in [0.3, 0.4) is 0 Å². The third-order valence-corrected chi connectivity index (χ3v) is 2.63. The van der Waals surface area contributed by atoms with E-state index in [9.17, 15) is 14.9 Å². The summed E-state index contributed by atoms with van der Waals surface area (Å²) in [6.45, 7) is 4.66. The number of nitrogens with zero attached hydrogens (tertiary/aromatic N) is 3. The number of amides is 1. The summed E-state index contributed by atoms with van der Waals surface area (Å²) >= 11 is 0. The Bertz CT molecular complexity index is 469. The molecule has 0 saturated heterocycles. The number of carbonyl (C=O) groups excluding carboxylic acids is 1. The summed E-state index contributed by atoms with van der Waals surface area (Å²) in [5, 5.41) is 26.0. The highest BCUT2D eigenvalue weighted by molar-refractivity contribution is 5.80. The minimum atomic E-state index is -0.663. The number of aliphatic hydroxyl groups excluding tert-OH is 1. The van der Waals surface area contributed by atoms with E-state index in [0.717, 1.165) is 0 Å². The van der Waals surface area contributed by atoms with Crippen molar-refractivity contribution in [3.63, 3.8) is 0 Å². The summed E-state index contributed by atoms with van der Waals surface area (Å²) in [5.41, 5.74) is 0.542. The molecule has 1 atom stereocenters. The van der Waals surface area contributed by atoms with Crippen LogP contribution in [0.4, 0.5) is 5.69 Å². The van der Waals surface area contributed by atoms with E-state index >= 15 is 0 Å². The third-order valence-electron chi connectivity index (χ3n) is 2.63. The van der Waals surface area contributed by atoms with Crippen molar-refractivity contribution >= 4 is 11.6 Å². The number of hydrogen-bond acceptors (Lipinski definition) is 5. The van der Waals surface area contributed by atoms with E-state index < -0.39 is 11.0 Å². The second-order valence-corrected chi connectivity index (χ2v) is 3.91. The van der Waals surface area contributed by atoms with Crippen LogP contribution in [0.15, 0.2) is 0 Å². The van der Waals surface area contributed by atoms with Crippen molar-refractivity contribution in [2.24, 2.45) is 0 Å². The summed E-state index contributed by atoms with van der Waals surface area (Å²) in [5.74, 6) is -0.343. The largest absolute Gasteiger partial charge is 0.395 e. The molecule has 0 aliphatic carbocycles. The maximum atomic E-state index is 11.7. The molecule has 0 spiro atoms. The van der Waals surface area contributed by atoms with Crippen molar-refractivity contribution in [3.8, 4) is 0 Å². The van der Waals surface area contributed by atoms with E-state index in [0.29, 0.717) is 5.69 Å². The van der Waals surface area contributed by atoms with E-state index in [1.807, 2.05) is 0 Å². The fourth-order valence-electron chi connectivity index (χ4n) is 1.73. The van der Waals surface area contributed by atoms with Gasteiger partial charge in [0.15, 0.2) is 0 Å². The molecule has 8 heteroatoms. The Morgan fingerprint density at radius 3 is 2.67 bits per heavy atom. The van der Waals surface area contributed by atoms with Gasteiger partial charge in [0.05, 0.1) is 11.5 Å². The van der Waals surface area contributed by atoms with Gasteiger partial charge in [0.2, 0.25) is 5.91 Å². The molecule has 0 saturated carbocycles. The number of nitro groups is 1. The second kappa shape index (κ2) is 5.58. The van der Waals surface area contributed by atoms with Gasteiger partial charge in [0.25, 0.3) is 0 Å². The molecule has 0 fully saturated rings. The molecule has 0 aromatic carbocycles. The first-order valence-corrected chi connectivity index (χ1v) is 5.48. The quantitative estimate of drug-likeness (QED) is 0.572. The van der Waals surface area contributed by atoms with E-state index in [1.165, 1.54) is 11.6 Å². The van der Waals surface area contributed by atoms with Crippen molar-refractivity contribution in [1.29, 1.82) is 0 Å². The van der Waals surface area contributed by atoms with Crippen LogP contribution in [-0.2, 0) is 4.79 Å². The zero-order chi connectivity index (χ0) is 13.9. The van der Waals surface area contributed by atoms with E-state index in [4.69, 9.17) is 5.11 Å². The van der Waals surface area contributed by atoms with Crippen LogP contribution < -0.4 is 5.32 Å². The molecule has 0 aliphatic rings. The summed E-state index contributed by atoms with van der Waals surface area (Å²) in [6.07, 6.45) is 0. The summed E-state index contributed by atoms with van der Waals surface area (Å²) in [7, 11) is 0. The van der Waals surface area contributed by atoms with E-state index in [-0.39, 0.29) is 30.4 Å². The van der Waals surface area contributed by atoms with Gasteiger partial charge in [0.1, 0.15) is 17.4 Å². The molecule has 18 heavy (non-hydrogen) atoms. The van der Waals surface area contributed by atoms with Gasteiger partial charge in [-0.3, -0.25) is 19.6 Å². The first kappa shape index (κ1) is 14.1. The van der Waals surface area contributed by atoms with E-state index in [1.54, 1.807) is 13.8 Å². The van der Waals surface area contributed by atoms with Gasteiger partial charge >= 0.3 is 5.69 Å². The van der Waals surface area contributed by atoms with Crippen LogP contribution in [0, 0.1) is 24.0 Å². The van der Waals surface area contributed by atoms with Gasteiger partial charge in [-0.2, -0.15) is 5.10 Å². The molecular weight excluding hydrogens is 240 g/mol. The van der Waals surface area contributed by atoms with Gasteiger partial charge in [-0.1, -0.05) is 0 Å². The van der Waals surface area contributed by atoms with Crippen LogP contribution in [0.2, 0.25) is 0 Å². The Morgan fingerprint density at radius 2 is 2.22 bits per heavy atom. The molecule has 0 radical (unpaired) electrons. The lowest BCUT2D eigenvalue weighted by Gasteiger charge is -2.13. The van der Waals surface area contributed by atoms with Crippen LogP contribution in [0.25, 0.3) is 0 Å². The first-order valence-electron chi connectivity index (χ1n) is 5.48. The van der Waals surface area contributed by atoms with Crippen LogP contribution in [0.5, 0.6) is 0 Å². The standard InChI is InChI=1S/C10H16N4O4/c1-6-9(14(17)18)7(2)13(12-6)8(3)10(16)11-4-5-15/h8,15H,4-5H2,1-3H3,(H,11,16). The Morgan fingerprint density at radius 1 is 1.61 bits per heavy atom. The molecule has 1 rings (SSSR count). The van der Waals surface area contributed by atoms with Crippen molar-refractivity contribution in [1.82, 2.24) is 15.1 Å². The smallest absolute Gasteiger partial charge is 0.312 e. The molecule has 1 amide bonds. The summed E-state index contributed by atoms with van der Waals surface area (Å²) in [6, 6.07) is -0.663. The monoisotopic (exact) mass is 256 g/mol. The topological polar surface area (TPSA) is 110 Å². The Hall–Kier alpha value is -1.96. The third kappa shape index (κ3) is 2.65. The highest BCUT2D eigenvalue weighted by atomic mass is 16.6. The molecule has 0 aliphatic heterocycles. The maximum absolute atomic E-state index is 11.7. The fraction of sp³-hybridized carbons (Fsp3) is 0.600. The predicted octanol–water partition coefficient (Wildman–Crippen LogP) is 0.0776. The van der Waals surface area contributed by atoms with Crippen molar-refractivity contribution in [2.45, 2.75) is 26.8 Å². The maximum Gasteiger partial charge on any atom is 0.312 e. The normalized spacial score (nSPS) is 12.2. The van der Waals surface area contributed by atoms with E-state index in [2.05, 4.69) is 10.4 Å². The molecule has 1 aromatic heterocycles. The first-order chi connectivity index (χ1) is 8.40. The van der Waals surface area contributed by atoms with Gasteiger partial charge in [-0.15, -0.1) is 0 Å². The number of hydrogen-bond donors (Lipinski definition) is 2. The average molecular weight is 256 g/mol. The van der Waals surface area contributed by atoms with Crippen LogP contribution in [-0.4, -0.2) is 38.9 Å². The SMILES string of the molecule is Cc1nn(C(C)C(=O)NCCO)c(C)c1[N+](=O)[O-]. The van der Waals surface area contributed by atoms with Crippen molar-refractivity contribution in [3.05, 3.63) is 21.5 Å². The minimum Gasteiger partial charge on any atom is -0.395 e. The number of aromatic nitrogens is 2. The molecule has 1 unspecified atom stereocenters. The number of aliphatic hydroxyl groups is 1. The Labute approximate surface area is 104 Å². The molecule has 8 nitrogen and oxygen atoms in total. The number of aryl methyl sites for hydroxylation is 1. The summed E-state index contributed by atoms with van der Waals surface area (Å²) < 4.78 is 1.32. The lowest BCUT2D eigenvalue weighted by atomic mass is 10.3. The molecular formula is C10H16N4O4.